The van der Waals surface area contributed by atoms with Crippen molar-refractivity contribution in [3.05, 3.63) is 53.1 Å². The smallest absolute Gasteiger partial charge is 0.274 e. The molecule has 170 valence electrons. The van der Waals surface area contributed by atoms with Crippen LogP contribution in [0.3, 0.4) is 0 Å². The van der Waals surface area contributed by atoms with Crippen LogP contribution in [-0.2, 0) is 22.6 Å². The van der Waals surface area contributed by atoms with Gasteiger partial charge in [-0.3, -0.25) is 14.4 Å². The summed E-state index contributed by atoms with van der Waals surface area (Å²) in [5.74, 6) is -0.974. The summed E-state index contributed by atoms with van der Waals surface area (Å²) in [6, 6.07) is 7.93. The summed E-state index contributed by atoms with van der Waals surface area (Å²) in [5.41, 5.74) is 1.37. The third-order valence-corrected chi connectivity index (χ3v) is 6.01. The van der Waals surface area contributed by atoms with Crippen molar-refractivity contribution in [2.24, 2.45) is 0 Å². The number of carbonyl (C=O) groups is 3. The summed E-state index contributed by atoms with van der Waals surface area (Å²) in [4.78, 5) is 45.3. The van der Waals surface area contributed by atoms with E-state index in [1.165, 1.54) is 6.33 Å². The zero-order valence-corrected chi connectivity index (χ0v) is 18.7. The van der Waals surface area contributed by atoms with Gasteiger partial charge in [0.25, 0.3) is 11.8 Å². The molecule has 1 atom stereocenters. The minimum Gasteiger partial charge on any atom is -0.383 e. The number of nitrogens with one attached hydrogen (secondary N) is 2. The number of aryl methyl sites for hydroxylation is 1. The van der Waals surface area contributed by atoms with Gasteiger partial charge in [-0.15, -0.1) is 0 Å². The molecule has 3 amide bonds. The van der Waals surface area contributed by atoms with Crippen LogP contribution in [0.15, 0.2) is 30.6 Å². The maximum absolute atomic E-state index is 13.5. The molecule has 1 aromatic carbocycles. The normalized spacial score (nSPS) is 20.1. The second kappa shape index (κ2) is 8.74. The maximum Gasteiger partial charge on any atom is 0.274 e. The first-order valence-electron chi connectivity index (χ1n) is 10.8. The number of imidazole rings is 1. The van der Waals surface area contributed by atoms with Crippen molar-refractivity contribution >= 4 is 17.7 Å². The van der Waals surface area contributed by atoms with E-state index in [9.17, 15) is 14.4 Å². The van der Waals surface area contributed by atoms with E-state index in [2.05, 4.69) is 15.6 Å². The molecule has 2 aliphatic rings. The highest BCUT2D eigenvalue weighted by atomic mass is 16.5. The summed E-state index contributed by atoms with van der Waals surface area (Å²) in [5, 5.41) is 5.72. The molecule has 9 nitrogen and oxygen atoms in total. The van der Waals surface area contributed by atoms with Crippen LogP contribution in [0.25, 0.3) is 0 Å². The summed E-state index contributed by atoms with van der Waals surface area (Å²) in [6.07, 6.45) is 3.15. The van der Waals surface area contributed by atoms with Gasteiger partial charge in [0, 0.05) is 26.2 Å². The van der Waals surface area contributed by atoms with Gasteiger partial charge in [-0.1, -0.05) is 29.8 Å². The molecular weight excluding hydrogens is 410 g/mol. The molecule has 1 aliphatic heterocycles. The molecule has 1 fully saturated rings. The second-order valence-electron chi connectivity index (χ2n) is 8.67. The number of aromatic nitrogens is 2. The predicted octanol–water partition coefficient (Wildman–Crippen LogP) is 1.26. The maximum atomic E-state index is 13.5. The highest BCUT2D eigenvalue weighted by Crippen LogP contribution is 2.38. The van der Waals surface area contributed by atoms with Crippen LogP contribution in [0.1, 0.15) is 51.9 Å². The number of nitrogens with zero attached hydrogens (tertiary/aromatic N) is 3. The fourth-order valence-electron chi connectivity index (χ4n) is 4.27. The molecule has 0 spiro atoms. The van der Waals surface area contributed by atoms with Gasteiger partial charge in [-0.25, -0.2) is 4.98 Å². The summed E-state index contributed by atoms with van der Waals surface area (Å²) >= 11 is 0. The van der Waals surface area contributed by atoms with Crippen LogP contribution >= 0.6 is 0 Å². The molecule has 9 heteroatoms. The summed E-state index contributed by atoms with van der Waals surface area (Å²) in [7, 11) is 1.55. The fourth-order valence-corrected chi connectivity index (χ4v) is 4.27. The highest BCUT2D eigenvalue weighted by molar-refractivity contribution is 6.07. The van der Waals surface area contributed by atoms with E-state index >= 15 is 0 Å². The topological polar surface area (TPSA) is 106 Å². The average molecular weight is 440 g/mol. The highest BCUT2D eigenvalue weighted by Gasteiger charge is 2.53. The molecule has 2 aromatic rings. The summed E-state index contributed by atoms with van der Waals surface area (Å²) in [6.45, 7) is 5.10. The number of hydrogen-bond acceptors (Lipinski definition) is 5. The van der Waals surface area contributed by atoms with Gasteiger partial charge in [0.05, 0.1) is 19.5 Å². The van der Waals surface area contributed by atoms with E-state index in [-0.39, 0.29) is 35.8 Å². The lowest BCUT2D eigenvalue weighted by atomic mass is 9.93. The number of hydrogen-bond donors (Lipinski definition) is 2. The monoisotopic (exact) mass is 439 g/mol. The van der Waals surface area contributed by atoms with E-state index in [0.717, 1.165) is 24.0 Å². The molecule has 32 heavy (non-hydrogen) atoms. The van der Waals surface area contributed by atoms with Gasteiger partial charge in [-0.2, -0.15) is 0 Å². The van der Waals surface area contributed by atoms with E-state index < -0.39 is 11.4 Å². The van der Waals surface area contributed by atoms with Gasteiger partial charge < -0.3 is 24.8 Å². The first-order chi connectivity index (χ1) is 15.3. The minimum atomic E-state index is -1.07. The number of fused-ring (bicyclic) bond motifs is 1. The Balaban J connectivity index is 1.57. The lowest BCUT2D eigenvalue weighted by Crippen LogP contribution is -2.64. The lowest BCUT2D eigenvalue weighted by molar-refractivity contribution is -0.133. The van der Waals surface area contributed by atoms with Gasteiger partial charge in [-0.05, 0) is 32.3 Å². The predicted molar refractivity (Wildman–Crippen MR) is 117 cm³/mol. The zero-order valence-electron chi connectivity index (χ0n) is 18.7. The van der Waals surface area contributed by atoms with E-state index in [1.807, 2.05) is 31.2 Å². The molecule has 0 saturated heterocycles. The Kier molecular flexibility index (Phi) is 6.01. The van der Waals surface area contributed by atoms with Gasteiger partial charge in [0.2, 0.25) is 5.91 Å². The van der Waals surface area contributed by atoms with Crippen molar-refractivity contribution in [3.8, 4) is 0 Å². The van der Waals surface area contributed by atoms with Crippen molar-refractivity contribution in [2.75, 3.05) is 20.3 Å². The Bertz CT molecular complexity index is 1040. The van der Waals surface area contributed by atoms with E-state index in [0.29, 0.717) is 19.7 Å². The summed E-state index contributed by atoms with van der Waals surface area (Å²) < 4.78 is 6.58. The van der Waals surface area contributed by atoms with Crippen LogP contribution in [0.5, 0.6) is 0 Å². The SMILES string of the molecule is COCCNC(=O)c1ncn2c1C(=O)N(C1CC1)C(C)(C(=O)NCc1cccc(C)c1)C2. The fraction of sp³-hybridized carbons (Fsp3) is 0.478. The quantitative estimate of drug-likeness (QED) is 0.603. The zero-order chi connectivity index (χ0) is 22.9. The van der Waals surface area contributed by atoms with Crippen molar-refractivity contribution in [1.82, 2.24) is 25.1 Å². The average Bonchev–Trinajstić information content (AvgIpc) is 3.50. The number of ether oxygens (including phenoxy) is 1. The van der Waals surface area contributed by atoms with Crippen molar-refractivity contribution in [3.63, 3.8) is 0 Å². The molecule has 0 radical (unpaired) electrons. The second-order valence-corrected chi connectivity index (χ2v) is 8.67. The van der Waals surface area contributed by atoms with E-state index in [4.69, 9.17) is 4.74 Å². The number of carbonyl (C=O) groups excluding carboxylic acids is 3. The van der Waals surface area contributed by atoms with Crippen molar-refractivity contribution < 1.29 is 19.1 Å². The molecule has 2 N–H and O–H groups in total. The van der Waals surface area contributed by atoms with Crippen LogP contribution in [-0.4, -0.2) is 64.0 Å². The van der Waals surface area contributed by atoms with Crippen molar-refractivity contribution in [2.45, 2.75) is 51.4 Å². The van der Waals surface area contributed by atoms with Gasteiger partial charge in [0.1, 0.15) is 11.2 Å². The Morgan fingerprint density at radius 1 is 1.28 bits per heavy atom. The molecule has 4 rings (SSSR count). The van der Waals surface area contributed by atoms with E-state index in [1.54, 1.807) is 23.5 Å². The standard InChI is InChI=1S/C23H29N5O4/c1-15-5-4-6-16(11-15)12-25-22(31)23(2)13-27-14-26-18(20(29)24-9-10-32-3)19(27)21(30)28(23)17-7-8-17/h4-6,11,14,17H,7-10,12-13H2,1-3H3,(H,24,29)(H,25,31). The number of benzene rings is 1. The molecule has 1 aromatic heterocycles. The first kappa shape index (κ1) is 22.0. The van der Waals surface area contributed by atoms with Crippen LogP contribution in [0, 0.1) is 6.92 Å². The lowest BCUT2D eigenvalue weighted by Gasteiger charge is -2.44. The number of rotatable bonds is 8. The third-order valence-electron chi connectivity index (χ3n) is 6.01. The molecule has 1 aliphatic carbocycles. The Hall–Kier alpha value is -3.20. The van der Waals surface area contributed by atoms with Crippen LogP contribution < -0.4 is 10.6 Å². The Morgan fingerprint density at radius 2 is 2.06 bits per heavy atom. The Morgan fingerprint density at radius 3 is 2.75 bits per heavy atom. The third kappa shape index (κ3) is 4.12. The molecular formula is C23H29N5O4. The Labute approximate surface area is 187 Å². The number of methoxy groups -OCH3 is 1. The van der Waals surface area contributed by atoms with Crippen LogP contribution in [0.2, 0.25) is 0 Å². The molecule has 0 bridgehead atoms. The first-order valence-corrected chi connectivity index (χ1v) is 10.8. The van der Waals surface area contributed by atoms with Gasteiger partial charge in [0.15, 0.2) is 5.69 Å². The largest absolute Gasteiger partial charge is 0.383 e. The van der Waals surface area contributed by atoms with Crippen molar-refractivity contribution in [1.29, 1.82) is 0 Å². The van der Waals surface area contributed by atoms with Crippen LogP contribution in [0.4, 0.5) is 0 Å². The van der Waals surface area contributed by atoms with Gasteiger partial charge >= 0.3 is 0 Å². The molecule has 1 unspecified atom stereocenters. The number of amides is 3. The molecule has 1 saturated carbocycles. The molecule has 2 heterocycles. The minimum absolute atomic E-state index is 0.00901.